The van der Waals surface area contributed by atoms with Crippen molar-refractivity contribution in [3.63, 3.8) is 0 Å². The molecule has 0 radical (unpaired) electrons. The topological polar surface area (TPSA) is 59.4 Å². The standard InChI is InChI=1S/C17H28N4O2/c1-5-7-20-8-6-18-14(20)9-19-15-12-10-21(11-13(12)15)16(22)23-17(2,3)4/h6,8,12-13,15,19H,5,7,9-11H2,1-4H3. The van der Waals surface area contributed by atoms with Crippen LogP contribution in [0.3, 0.4) is 0 Å². The SMILES string of the molecule is CCCn1ccnc1CNC1C2CN(C(=O)OC(C)(C)C)CC21. The first-order valence-electron chi connectivity index (χ1n) is 8.60. The number of piperidine rings is 1. The molecular weight excluding hydrogens is 292 g/mol. The van der Waals surface area contributed by atoms with E-state index in [9.17, 15) is 4.79 Å². The lowest BCUT2D eigenvalue weighted by Crippen LogP contribution is -2.39. The number of hydrogen-bond acceptors (Lipinski definition) is 4. The van der Waals surface area contributed by atoms with E-state index in [1.807, 2.05) is 38.1 Å². The Hall–Kier alpha value is -1.56. The number of carbonyl (C=O) groups excluding carboxylic acids is 1. The zero-order chi connectivity index (χ0) is 16.6. The minimum absolute atomic E-state index is 0.179. The molecule has 0 bridgehead atoms. The fraction of sp³-hybridized carbons (Fsp3) is 0.765. The van der Waals surface area contributed by atoms with Gasteiger partial charge in [-0.25, -0.2) is 9.78 Å². The molecule has 2 aliphatic rings. The van der Waals surface area contributed by atoms with Crippen molar-refractivity contribution < 1.29 is 9.53 Å². The van der Waals surface area contributed by atoms with Crippen LogP contribution in [0.15, 0.2) is 12.4 Å². The third-order valence-corrected chi connectivity index (χ3v) is 4.61. The number of nitrogens with zero attached hydrogens (tertiary/aromatic N) is 3. The van der Waals surface area contributed by atoms with Gasteiger partial charge in [-0.15, -0.1) is 0 Å². The first-order chi connectivity index (χ1) is 10.9. The summed E-state index contributed by atoms with van der Waals surface area (Å²) in [6, 6.07) is 0.514. The second kappa shape index (κ2) is 6.15. The van der Waals surface area contributed by atoms with Crippen molar-refractivity contribution in [1.29, 1.82) is 0 Å². The molecule has 3 rings (SSSR count). The molecule has 1 aromatic heterocycles. The quantitative estimate of drug-likeness (QED) is 0.904. The molecule has 1 aromatic rings. The van der Waals surface area contributed by atoms with Gasteiger partial charge in [-0.2, -0.15) is 0 Å². The van der Waals surface area contributed by atoms with Crippen LogP contribution in [-0.4, -0.2) is 45.3 Å². The van der Waals surface area contributed by atoms with E-state index in [1.54, 1.807) is 0 Å². The van der Waals surface area contributed by atoms with Crippen LogP contribution in [0.2, 0.25) is 0 Å². The Kier molecular flexibility index (Phi) is 4.36. The molecule has 2 heterocycles. The summed E-state index contributed by atoms with van der Waals surface area (Å²) in [5.41, 5.74) is -0.419. The van der Waals surface area contributed by atoms with Crippen LogP contribution in [0.5, 0.6) is 0 Å². The molecule has 23 heavy (non-hydrogen) atoms. The predicted molar refractivity (Wildman–Crippen MR) is 87.9 cm³/mol. The summed E-state index contributed by atoms with van der Waals surface area (Å²) in [4.78, 5) is 18.3. The van der Waals surface area contributed by atoms with Crippen LogP contribution in [0.4, 0.5) is 4.79 Å². The Balaban J connectivity index is 1.44. The molecule has 1 saturated heterocycles. The number of nitrogens with one attached hydrogen (secondary N) is 1. The maximum Gasteiger partial charge on any atom is 0.410 e. The average Bonchev–Trinajstić information content (AvgIpc) is 2.83. The molecule has 1 N–H and O–H groups in total. The molecule has 0 spiro atoms. The highest BCUT2D eigenvalue weighted by Crippen LogP contribution is 2.45. The Labute approximate surface area is 138 Å². The van der Waals surface area contributed by atoms with Gasteiger partial charge in [-0.05, 0) is 39.0 Å². The monoisotopic (exact) mass is 320 g/mol. The van der Waals surface area contributed by atoms with Gasteiger partial charge in [0.1, 0.15) is 11.4 Å². The highest BCUT2D eigenvalue weighted by atomic mass is 16.6. The Morgan fingerprint density at radius 2 is 2.09 bits per heavy atom. The number of aromatic nitrogens is 2. The van der Waals surface area contributed by atoms with Crippen LogP contribution in [0.25, 0.3) is 0 Å². The first-order valence-corrected chi connectivity index (χ1v) is 8.60. The highest BCUT2D eigenvalue weighted by Gasteiger charge is 2.56. The van der Waals surface area contributed by atoms with Gasteiger partial charge in [0.2, 0.25) is 0 Å². The number of hydrogen-bond donors (Lipinski definition) is 1. The molecule has 1 aliphatic heterocycles. The number of ether oxygens (including phenoxy) is 1. The van der Waals surface area contributed by atoms with Gasteiger partial charge in [0.05, 0.1) is 6.54 Å². The summed E-state index contributed by atoms with van der Waals surface area (Å²) in [5, 5.41) is 3.61. The lowest BCUT2D eigenvalue weighted by Gasteiger charge is -2.26. The molecule has 2 fully saturated rings. The van der Waals surface area contributed by atoms with E-state index in [0.29, 0.717) is 17.9 Å². The minimum atomic E-state index is -0.419. The number of fused-ring (bicyclic) bond motifs is 1. The van der Waals surface area contributed by atoms with E-state index in [0.717, 1.165) is 38.4 Å². The van der Waals surface area contributed by atoms with E-state index in [1.165, 1.54) is 0 Å². The minimum Gasteiger partial charge on any atom is -0.444 e. The summed E-state index contributed by atoms with van der Waals surface area (Å²) in [5.74, 6) is 2.23. The van der Waals surface area contributed by atoms with Gasteiger partial charge < -0.3 is 19.5 Å². The van der Waals surface area contributed by atoms with E-state index in [-0.39, 0.29) is 6.09 Å². The Morgan fingerprint density at radius 3 is 2.70 bits per heavy atom. The van der Waals surface area contributed by atoms with Gasteiger partial charge in [0.25, 0.3) is 0 Å². The van der Waals surface area contributed by atoms with E-state index < -0.39 is 5.60 Å². The summed E-state index contributed by atoms with van der Waals surface area (Å²) in [6.45, 7) is 11.3. The fourth-order valence-electron chi connectivity index (χ4n) is 3.47. The number of imidazole rings is 1. The van der Waals surface area contributed by atoms with Crippen LogP contribution < -0.4 is 5.32 Å². The molecular formula is C17H28N4O2. The van der Waals surface area contributed by atoms with Gasteiger partial charge in [0, 0.05) is 38.1 Å². The predicted octanol–water partition coefficient (Wildman–Crippen LogP) is 2.25. The third-order valence-electron chi connectivity index (χ3n) is 4.61. The maximum atomic E-state index is 12.1. The zero-order valence-corrected chi connectivity index (χ0v) is 14.6. The summed E-state index contributed by atoms with van der Waals surface area (Å²) in [7, 11) is 0. The summed E-state index contributed by atoms with van der Waals surface area (Å²) in [6.07, 6.45) is 4.84. The normalized spacial score (nSPS) is 26.3. The van der Waals surface area contributed by atoms with E-state index in [2.05, 4.69) is 21.8 Å². The molecule has 1 aliphatic carbocycles. The van der Waals surface area contributed by atoms with Crippen molar-refractivity contribution >= 4 is 6.09 Å². The summed E-state index contributed by atoms with van der Waals surface area (Å²) < 4.78 is 7.65. The Bertz CT molecular complexity index is 551. The molecule has 1 amide bonds. The van der Waals surface area contributed by atoms with Crippen molar-refractivity contribution in [2.45, 2.75) is 58.8 Å². The largest absolute Gasteiger partial charge is 0.444 e. The van der Waals surface area contributed by atoms with Crippen molar-refractivity contribution in [3.8, 4) is 0 Å². The van der Waals surface area contributed by atoms with Gasteiger partial charge >= 0.3 is 6.09 Å². The van der Waals surface area contributed by atoms with Gasteiger partial charge in [-0.1, -0.05) is 6.92 Å². The van der Waals surface area contributed by atoms with Crippen LogP contribution in [-0.2, 0) is 17.8 Å². The fourth-order valence-corrected chi connectivity index (χ4v) is 3.47. The van der Waals surface area contributed by atoms with E-state index >= 15 is 0 Å². The molecule has 6 heteroatoms. The van der Waals surface area contributed by atoms with Gasteiger partial charge in [0.15, 0.2) is 0 Å². The lowest BCUT2D eigenvalue weighted by atomic mass is 10.2. The number of amides is 1. The molecule has 1 saturated carbocycles. The molecule has 6 nitrogen and oxygen atoms in total. The van der Waals surface area contributed by atoms with Crippen molar-refractivity contribution in [3.05, 3.63) is 18.2 Å². The first kappa shape index (κ1) is 16.3. The lowest BCUT2D eigenvalue weighted by molar-refractivity contribution is 0.0269. The van der Waals surface area contributed by atoms with Crippen molar-refractivity contribution in [2.75, 3.05) is 13.1 Å². The number of carbonyl (C=O) groups is 1. The second-order valence-corrected chi connectivity index (χ2v) is 7.66. The smallest absolute Gasteiger partial charge is 0.410 e. The second-order valence-electron chi connectivity index (χ2n) is 7.66. The highest BCUT2D eigenvalue weighted by molar-refractivity contribution is 5.69. The maximum absolute atomic E-state index is 12.1. The molecule has 128 valence electrons. The van der Waals surface area contributed by atoms with Crippen LogP contribution >= 0.6 is 0 Å². The number of rotatable bonds is 5. The molecule has 2 atom stereocenters. The number of aryl methyl sites for hydroxylation is 1. The van der Waals surface area contributed by atoms with Gasteiger partial charge in [-0.3, -0.25) is 0 Å². The zero-order valence-electron chi connectivity index (χ0n) is 14.6. The van der Waals surface area contributed by atoms with Crippen molar-refractivity contribution in [1.82, 2.24) is 19.8 Å². The molecule has 0 aromatic carbocycles. The van der Waals surface area contributed by atoms with Crippen LogP contribution in [0.1, 0.15) is 39.9 Å². The van der Waals surface area contributed by atoms with Crippen molar-refractivity contribution in [2.24, 2.45) is 11.8 Å². The van der Waals surface area contributed by atoms with E-state index in [4.69, 9.17) is 4.74 Å². The third kappa shape index (κ3) is 3.68. The van der Waals surface area contributed by atoms with Crippen LogP contribution in [0, 0.1) is 11.8 Å². The summed E-state index contributed by atoms with van der Waals surface area (Å²) >= 11 is 0. The number of likely N-dealkylation sites (tertiary alicyclic amines) is 1. The average molecular weight is 320 g/mol. The Morgan fingerprint density at radius 1 is 1.39 bits per heavy atom. The molecule has 2 unspecified atom stereocenters.